The van der Waals surface area contributed by atoms with Gasteiger partial charge in [0.1, 0.15) is 0 Å². The van der Waals surface area contributed by atoms with E-state index in [0.717, 1.165) is 26.2 Å². The Morgan fingerprint density at radius 3 is 2.77 bits per heavy atom. The van der Waals surface area contributed by atoms with E-state index in [0.29, 0.717) is 24.8 Å². The summed E-state index contributed by atoms with van der Waals surface area (Å²) in [5.41, 5.74) is 0. The minimum atomic E-state index is 0.143. The molecule has 0 N–H and O–H groups in total. The van der Waals surface area contributed by atoms with Gasteiger partial charge in [-0.15, -0.1) is 11.3 Å². The van der Waals surface area contributed by atoms with Gasteiger partial charge in [0.2, 0.25) is 5.91 Å². The number of ether oxygens (including phenoxy) is 1. The molecule has 2 aliphatic rings. The molecule has 3 heterocycles. The Kier molecular flexibility index (Phi) is 6.72. The second-order valence-corrected chi connectivity index (χ2v) is 8.92. The highest BCUT2D eigenvalue weighted by Gasteiger charge is 2.32. The highest BCUT2D eigenvalue weighted by Crippen LogP contribution is 2.25. The number of carbonyl (C=O) groups is 1. The molecule has 0 spiro atoms. The summed E-state index contributed by atoms with van der Waals surface area (Å²) in [7, 11) is 1.93. The molecule has 2 aliphatic heterocycles. The van der Waals surface area contributed by atoms with Gasteiger partial charge >= 0.3 is 0 Å². The van der Waals surface area contributed by atoms with Crippen molar-refractivity contribution in [1.82, 2.24) is 14.7 Å². The fourth-order valence-corrected chi connectivity index (χ4v) is 5.09. The van der Waals surface area contributed by atoms with Gasteiger partial charge in [-0.3, -0.25) is 14.6 Å². The molecule has 0 aliphatic carbocycles. The molecular weight excluding hydrogens is 346 g/mol. The molecule has 0 radical (unpaired) electrons. The summed E-state index contributed by atoms with van der Waals surface area (Å²) in [6, 6.07) is 4.79. The highest BCUT2D eigenvalue weighted by molar-refractivity contribution is 7.10. The van der Waals surface area contributed by atoms with Crippen molar-refractivity contribution in [2.24, 2.45) is 0 Å². The summed E-state index contributed by atoms with van der Waals surface area (Å²) in [6.07, 6.45) is 2.98. The van der Waals surface area contributed by atoms with E-state index in [2.05, 4.69) is 48.1 Å². The number of thiophene rings is 1. The molecule has 26 heavy (non-hydrogen) atoms. The topological polar surface area (TPSA) is 36.0 Å². The maximum Gasteiger partial charge on any atom is 0.237 e. The van der Waals surface area contributed by atoms with Crippen molar-refractivity contribution in [3.63, 3.8) is 0 Å². The van der Waals surface area contributed by atoms with Crippen molar-refractivity contribution in [2.45, 2.75) is 57.9 Å². The lowest BCUT2D eigenvalue weighted by molar-refractivity contribution is -0.133. The fourth-order valence-electron chi connectivity index (χ4n) is 4.26. The first-order valence-electron chi connectivity index (χ1n) is 9.85. The summed E-state index contributed by atoms with van der Waals surface area (Å²) in [6.45, 7) is 11.0. The van der Waals surface area contributed by atoms with Gasteiger partial charge in [0, 0.05) is 37.6 Å². The number of hydrogen-bond donors (Lipinski definition) is 0. The van der Waals surface area contributed by atoms with E-state index in [1.807, 2.05) is 11.9 Å². The molecular formula is C20H33N3O2S. The zero-order valence-corrected chi connectivity index (χ0v) is 17.4. The molecule has 2 fully saturated rings. The van der Waals surface area contributed by atoms with E-state index in [1.165, 1.54) is 17.7 Å². The van der Waals surface area contributed by atoms with E-state index in [9.17, 15) is 4.79 Å². The van der Waals surface area contributed by atoms with Crippen LogP contribution in [-0.4, -0.2) is 78.6 Å². The fraction of sp³-hybridized carbons (Fsp3) is 0.750. The van der Waals surface area contributed by atoms with Gasteiger partial charge in [0.05, 0.1) is 24.8 Å². The molecule has 0 aromatic carbocycles. The predicted molar refractivity (Wildman–Crippen MR) is 107 cm³/mol. The molecule has 146 valence electrons. The summed E-state index contributed by atoms with van der Waals surface area (Å²) >= 11 is 1.72. The number of amides is 1. The molecule has 1 aromatic heterocycles. The molecule has 6 heteroatoms. The van der Waals surface area contributed by atoms with E-state index in [1.54, 1.807) is 11.3 Å². The Bertz CT molecular complexity index is 570. The van der Waals surface area contributed by atoms with Gasteiger partial charge in [-0.25, -0.2) is 0 Å². The lowest BCUT2D eigenvalue weighted by atomic mass is 10.1. The lowest BCUT2D eigenvalue weighted by Crippen LogP contribution is -2.51. The molecule has 0 bridgehead atoms. The largest absolute Gasteiger partial charge is 0.373 e. The number of carbonyl (C=O) groups excluding carboxylic acids is 1. The van der Waals surface area contributed by atoms with Crippen LogP contribution in [0.3, 0.4) is 0 Å². The number of rotatable bonds is 6. The van der Waals surface area contributed by atoms with Gasteiger partial charge in [0.15, 0.2) is 0 Å². The second kappa shape index (κ2) is 8.83. The first kappa shape index (κ1) is 19.8. The number of morpholine rings is 1. The second-order valence-electron chi connectivity index (χ2n) is 7.94. The van der Waals surface area contributed by atoms with Crippen LogP contribution in [0.5, 0.6) is 0 Å². The monoisotopic (exact) mass is 379 g/mol. The zero-order chi connectivity index (χ0) is 18.7. The van der Waals surface area contributed by atoms with Crippen LogP contribution in [-0.2, 0) is 9.53 Å². The van der Waals surface area contributed by atoms with Gasteiger partial charge in [-0.1, -0.05) is 6.07 Å². The van der Waals surface area contributed by atoms with Crippen LogP contribution >= 0.6 is 11.3 Å². The molecule has 1 amide bonds. The first-order chi connectivity index (χ1) is 12.4. The summed E-state index contributed by atoms with van der Waals surface area (Å²) in [5.74, 6) is 0.224. The van der Waals surface area contributed by atoms with Gasteiger partial charge in [-0.2, -0.15) is 0 Å². The molecule has 1 aromatic rings. The van der Waals surface area contributed by atoms with Crippen LogP contribution in [0.15, 0.2) is 17.5 Å². The summed E-state index contributed by atoms with van der Waals surface area (Å²) in [5, 5.41) is 2.07. The van der Waals surface area contributed by atoms with Gasteiger partial charge < -0.3 is 9.64 Å². The minimum Gasteiger partial charge on any atom is -0.373 e. The SMILES string of the molecule is CC1CN(CC2CCCN2CC(=O)N(C)C(C)c2cccs2)CC(C)O1. The third-order valence-electron chi connectivity index (χ3n) is 5.73. The van der Waals surface area contributed by atoms with Crippen LogP contribution < -0.4 is 0 Å². The van der Waals surface area contributed by atoms with Crippen LogP contribution in [0.25, 0.3) is 0 Å². The molecule has 2 saturated heterocycles. The Morgan fingerprint density at radius 1 is 1.38 bits per heavy atom. The Balaban J connectivity index is 1.53. The third kappa shape index (κ3) is 4.85. The quantitative estimate of drug-likeness (QED) is 0.761. The number of nitrogens with zero attached hydrogens (tertiary/aromatic N) is 3. The third-order valence-corrected chi connectivity index (χ3v) is 6.77. The van der Waals surface area contributed by atoms with E-state index < -0.39 is 0 Å². The number of likely N-dealkylation sites (tertiary alicyclic amines) is 1. The zero-order valence-electron chi connectivity index (χ0n) is 16.6. The van der Waals surface area contributed by atoms with Crippen molar-refractivity contribution < 1.29 is 9.53 Å². The maximum atomic E-state index is 12.8. The molecule has 4 unspecified atom stereocenters. The lowest BCUT2D eigenvalue weighted by Gasteiger charge is -2.38. The Labute approximate surface area is 161 Å². The van der Waals surface area contributed by atoms with Crippen LogP contribution in [0.4, 0.5) is 0 Å². The Hall–Kier alpha value is -0.950. The maximum absolute atomic E-state index is 12.8. The number of hydrogen-bond acceptors (Lipinski definition) is 5. The average molecular weight is 380 g/mol. The summed E-state index contributed by atoms with van der Waals surface area (Å²) < 4.78 is 5.85. The normalized spacial score (nSPS) is 29.0. The first-order valence-corrected chi connectivity index (χ1v) is 10.7. The van der Waals surface area contributed by atoms with Gasteiger partial charge in [-0.05, 0) is 51.6 Å². The van der Waals surface area contributed by atoms with Crippen LogP contribution in [0.1, 0.15) is 44.5 Å². The van der Waals surface area contributed by atoms with Crippen molar-refractivity contribution in [3.05, 3.63) is 22.4 Å². The summed E-state index contributed by atoms with van der Waals surface area (Å²) in [4.78, 5) is 20.9. The molecule has 3 rings (SSSR count). The van der Waals surface area contributed by atoms with Crippen LogP contribution in [0, 0.1) is 0 Å². The van der Waals surface area contributed by atoms with E-state index in [4.69, 9.17) is 4.74 Å². The highest BCUT2D eigenvalue weighted by atomic mass is 32.1. The van der Waals surface area contributed by atoms with Crippen molar-refractivity contribution in [2.75, 3.05) is 39.8 Å². The predicted octanol–water partition coefficient (Wildman–Crippen LogP) is 2.84. The molecule has 0 saturated carbocycles. The van der Waals surface area contributed by atoms with E-state index in [-0.39, 0.29) is 11.9 Å². The van der Waals surface area contributed by atoms with Gasteiger partial charge in [0.25, 0.3) is 0 Å². The molecule has 5 nitrogen and oxygen atoms in total. The smallest absolute Gasteiger partial charge is 0.237 e. The standard InChI is InChI=1S/C20H33N3O2S/c1-15-11-22(12-16(2)25-15)13-18-7-5-9-23(18)14-20(24)21(4)17(3)19-8-6-10-26-19/h6,8,10,15-18H,5,7,9,11-14H2,1-4H3. The van der Waals surface area contributed by atoms with Crippen LogP contribution in [0.2, 0.25) is 0 Å². The average Bonchev–Trinajstić information content (AvgIpc) is 3.25. The number of likely N-dealkylation sites (N-methyl/N-ethyl adjacent to an activating group) is 1. The van der Waals surface area contributed by atoms with E-state index >= 15 is 0 Å². The van der Waals surface area contributed by atoms with Crippen molar-refractivity contribution in [1.29, 1.82) is 0 Å². The van der Waals surface area contributed by atoms with Crippen molar-refractivity contribution in [3.8, 4) is 0 Å². The van der Waals surface area contributed by atoms with Crippen molar-refractivity contribution >= 4 is 17.2 Å². The minimum absolute atomic E-state index is 0.143. The Morgan fingerprint density at radius 2 is 2.12 bits per heavy atom. The molecule has 4 atom stereocenters.